The summed E-state index contributed by atoms with van der Waals surface area (Å²) in [5.74, 6) is -0.969. The van der Waals surface area contributed by atoms with Crippen LogP contribution in [0.4, 0.5) is 0 Å². The van der Waals surface area contributed by atoms with Crippen LogP contribution in [-0.4, -0.2) is 25.8 Å². The fraction of sp³-hybridized carbons (Fsp3) is 0. The molecule has 0 atom stereocenters. The van der Waals surface area contributed by atoms with Gasteiger partial charge in [-0.05, 0) is 22.0 Å². The smallest absolute Gasteiger partial charge is 0.354 e. The SMILES string of the molecule is O=C(O)c1cc(Br)nn1-c1nccc(Cl)c1Cl. The predicted molar refractivity (Wildman–Crippen MR) is 66.0 cm³/mol. The van der Waals surface area contributed by atoms with E-state index in [9.17, 15) is 4.79 Å². The molecule has 0 amide bonds. The Labute approximate surface area is 114 Å². The molecule has 2 rings (SSSR count). The molecule has 5 nitrogen and oxygen atoms in total. The van der Waals surface area contributed by atoms with Crippen molar-refractivity contribution in [1.29, 1.82) is 0 Å². The van der Waals surface area contributed by atoms with Gasteiger partial charge in [-0.15, -0.1) is 0 Å². The highest BCUT2D eigenvalue weighted by atomic mass is 79.9. The van der Waals surface area contributed by atoms with E-state index >= 15 is 0 Å². The molecule has 0 saturated carbocycles. The lowest BCUT2D eigenvalue weighted by Crippen LogP contribution is -2.09. The number of rotatable bonds is 2. The van der Waals surface area contributed by atoms with Crippen LogP contribution in [0.3, 0.4) is 0 Å². The van der Waals surface area contributed by atoms with E-state index < -0.39 is 5.97 Å². The molecular weight excluding hydrogens is 333 g/mol. The minimum absolute atomic E-state index is 0.0615. The summed E-state index contributed by atoms with van der Waals surface area (Å²) in [5, 5.41) is 13.4. The molecule has 2 heterocycles. The van der Waals surface area contributed by atoms with Gasteiger partial charge in [-0.3, -0.25) is 0 Å². The molecule has 0 aliphatic rings. The van der Waals surface area contributed by atoms with Crippen molar-refractivity contribution in [2.45, 2.75) is 0 Å². The average molecular weight is 337 g/mol. The Hall–Kier alpha value is -1.11. The minimum atomic E-state index is -1.14. The second-order valence-corrected chi connectivity index (χ2v) is 4.60. The Morgan fingerprint density at radius 1 is 1.47 bits per heavy atom. The van der Waals surface area contributed by atoms with Crippen LogP contribution in [0.25, 0.3) is 5.82 Å². The number of carboxylic acids is 1. The molecule has 1 N–H and O–H groups in total. The molecule has 8 heteroatoms. The van der Waals surface area contributed by atoms with Gasteiger partial charge in [0.1, 0.15) is 9.63 Å². The second kappa shape index (κ2) is 4.64. The summed E-state index contributed by atoms with van der Waals surface area (Å²) in [6.45, 7) is 0. The van der Waals surface area contributed by atoms with Gasteiger partial charge < -0.3 is 5.11 Å². The van der Waals surface area contributed by atoms with E-state index in [0.717, 1.165) is 4.68 Å². The summed E-state index contributed by atoms with van der Waals surface area (Å²) in [6, 6.07) is 2.85. The number of halogens is 3. The van der Waals surface area contributed by atoms with Gasteiger partial charge in [-0.1, -0.05) is 23.2 Å². The summed E-state index contributed by atoms with van der Waals surface area (Å²) in [5.41, 5.74) is -0.0615. The second-order valence-electron chi connectivity index (χ2n) is 3.00. The maximum absolute atomic E-state index is 11.0. The van der Waals surface area contributed by atoms with Crippen molar-refractivity contribution in [1.82, 2.24) is 14.8 Å². The fourth-order valence-corrected chi connectivity index (χ4v) is 1.93. The molecule has 88 valence electrons. The van der Waals surface area contributed by atoms with Gasteiger partial charge >= 0.3 is 5.97 Å². The van der Waals surface area contributed by atoms with E-state index in [1.165, 1.54) is 18.3 Å². The van der Waals surface area contributed by atoms with Gasteiger partial charge in [0.25, 0.3) is 0 Å². The van der Waals surface area contributed by atoms with E-state index in [2.05, 4.69) is 26.0 Å². The molecule has 0 aliphatic carbocycles. The van der Waals surface area contributed by atoms with E-state index in [1.807, 2.05) is 0 Å². The van der Waals surface area contributed by atoms with Crippen LogP contribution in [-0.2, 0) is 0 Å². The largest absolute Gasteiger partial charge is 0.477 e. The number of hydrogen-bond donors (Lipinski definition) is 1. The van der Waals surface area contributed by atoms with Gasteiger partial charge in [0.2, 0.25) is 0 Å². The number of carbonyl (C=O) groups is 1. The fourth-order valence-electron chi connectivity index (χ4n) is 1.22. The molecule has 0 radical (unpaired) electrons. The number of carboxylic acid groups (broad SMARTS) is 1. The lowest BCUT2D eigenvalue weighted by molar-refractivity contribution is 0.0687. The highest BCUT2D eigenvalue weighted by Gasteiger charge is 2.18. The molecule has 0 saturated heterocycles. The van der Waals surface area contributed by atoms with Crippen molar-refractivity contribution >= 4 is 45.1 Å². The number of hydrogen-bond acceptors (Lipinski definition) is 3. The van der Waals surface area contributed by atoms with Gasteiger partial charge in [0.05, 0.1) is 5.02 Å². The van der Waals surface area contributed by atoms with Crippen molar-refractivity contribution in [2.75, 3.05) is 0 Å². The summed E-state index contributed by atoms with van der Waals surface area (Å²) >= 11 is 14.9. The molecule has 2 aromatic rings. The lowest BCUT2D eigenvalue weighted by Gasteiger charge is -2.06. The maximum Gasteiger partial charge on any atom is 0.354 e. The third-order valence-corrected chi connectivity index (χ3v) is 3.09. The van der Waals surface area contributed by atoms with Crippen molar-refractivity contribution in [2.24, 2.45) is 0 Å². The zero-order valence-electron chi connectivity index (χ0n) is 8.06. The monoisotopic (exact) mass is 335 g/mol. The van der Waals surface area contributed by atoms with Crippen LogP contribution >= 0.6 is 39.1 Å². The summed E-state index contributed by atoms with van der Waals surface area (Å²) in [7, 11) is 0. The molecule has 0 spiro atoms. The van der Waals surface area contributed by atoms with Gasteiger partial charge in [-0.2, -0.15) is 5.10 Å². The van der Waals surface area contributed by atoms with Gasteiger partial charge in [0.15, 0.2) is 11.5 Å². The number of nitrogens with zero attached hydrogens (tertiary/aromatic N) is 3. The number of aromatic carboxylic acids is 1. The zero-order valence-corrected chi connectivity index (χ0v) is 11.2. The Kier molecular flexibility index (Phi) is 3.37. The lowest BCUT2D eigenvalue weighted by atomic mass is 10.4. The third-order valence-electron chi connectivity index (χ3n) is 1.92. The standard InChI is InChI=1S/C9H4BrCl2N3O2/c10-6-3-5(9(16)17)15(14-6)8-7(12)4(11)1-2-13-8/h1-3H,(H,16,17). The summed E-state index contributed by atoms with van der Waals surface area (Å²) in [6.07, 6.45) is 1.42. The molecular formula is C9H4BrCl2N3O2. The molecule has 17 heavy (non-hydrogen) atoms. The molecule has 0 bridgehead atoms. The molecule has 0 fully saturated rings. The topological polar surface area (TPSA) is 68.0 Å². The van der Waals surface area contributed by atoms with Crippen LogP contribution in [0.2, 0.25) is 10.0 Å². The highest BCUT2D eigenvalue weighted by Crippen LogP contribution is 2.27. The van der Waals surface area contributed by atoms with Crippen molar-refractivity contribution in [3.05, 3.63) is 38.7 Å². The van der Waals surface area contributed by atoms with Gasteiger partial charge in [0, 0.05) is 12.3 Å². The van der Waals surface area contributed by atoms with Crippen LogP contribution in [0, 0.1) is 0 Å². The Morgan fingerprint density at radius 2 is 2.18 bits per heavy atom. The van der Waals surface area contributed by atoms with E-state index in [-0.39, 0.29) is 21.6 Å². The van der Waals surface area contributed by atoms with Crippen LogP contribution in [0.1, 0.15) is 10.5 Å². The minimum Gasteiger partial charge on any atom is -0.477 e. The molecule has 2 aromatic heterocycles. The first kappa shape index (κ1) is 12.3. The van der Waals surface area contributed by atoms with E-state index in [1.54, 1.807) is 0 Å². The highest BCUT2D eigenvalue weighted by molar-refractivity contribution is 9.10. The van der Waals surface area contributed by atoms with Crippen LogP contribution < -0.4 is 0 Å². The summed E-state index contributed by atoms with van der Waals surface area (Å²) < 4.78 is 1.48. The summed E-state index contributed by atoms with van der Waals surface area (Å²) in [4.78, 5) is 15.0. The van der Waals surface area contributed by atoms with Crippen molar-refractivity contribution < 1.29 is 9.90 Å². The van der Waals surface area contributed by atoms with Crippen molar-refractivity contribution in [3.63, 3.8) is 0 Å². The predicted octanol–water partition coefficient (Wildman–Crippen LogP) is 3.03. The average Bonchev–Trinajstić information content (AvgIpc) is 2.64. The first-order chi connectivity index (χ1) is 8.00. The van der Waals surface area contributed by atoms with E-state index in [0.29, 0.717) is 4.60 Å². The number of pyridine rings is 1. The number of aromatic nitrogens is 3. The molecule has 0 unspecified atom stereocenters. The normalized spacial score (nSPS) is 10.5. The molecule has 0 aromatic carbocycles. The Bertz CT molecular complexity index is 600. The Balaban J connectivity index is 2.68. The maximum atomic E-state index is 11.0. The zero-order chi connectivity index (χ0) is 12.6. The Morgan fingerprint density at radius 3 is 2.82 bits per heavy atom. The quantitative estimate of drug-likeness (QED) is 0.915. The molecule has 0 aliphatic heterocycles. The van der Waals surface area contributed by atoms with Crippen LogP contribution in [0.15, 0.2) is 22.9 Å². The third kappa shape index (κ3) is 2.29. The van der Waals surface area contributed by atoms with Crippen LogP contribution in [0.5, 0.6) is 0 Å². The first-order valence-electron chi connectivity index (χ1n) is 4.30. The van der Waals surface area contributed by atoms with E-state index in [4.69, 9.17) is 28.3 Å². The first-order valence-corrected chi connectivity index (χ1v) is 5.85. The van der Waals surface area contributed by atoms with Crippen molar-refractivity contribution in [3.8, 4) is 5.82 Å². The van der Waals surface area contributed by atoms with Gasteiger partial charge in [-0.25, -0.2) is 14.5 Å².